The molecule has 2 unspecified atom stereocenters. The minimum Gasteiger partial charge on any atom is -0.392 e. The number of aliphatic hydroxyl groups excluding tert-OH is 1. The summed E-state index contributed by atoms with van der Waals surface area (Å²) in [5.41, 5.74) is 0.403. The van der Waals surface area contributed by atoms with E-state index in [-0.39, 0.29) is 18.3 Å². The zero-order valence-corrected chi connectivity index (χ0v) is 11.6. The van der Waals surface area contributed by atoms with E-state index in [0.29, 0.717) is 11.5 Å². The Bertz CT molecular complexity index is 466. The van der Waals surface area contributed by atoms with Gasteiger partial charge in [0.25, 0.3) is 0 Å². The third-order valence-corrected chi connectivity index (χ3v) is 4.79. The van der Waals surface area contributed by atoms with E-state index in [0.717, 1.165) is 25.8 Å². The van der Waals surface area contributed by atoms with Gasteiger partial charge in [0.1, 0.15) is 17.3 Å². The van der Waals surface area contributed by atoms with Crippen molar-refractivity contribution < 1.29 is 13.9 Å². The highest BCUT2D eigenvalue weighted by molar-refractivity contribution is 5.52. The predicted octanol–water partition coefficient (Wildman–Crippen LogP) is 3.62. The third-order valence-electron chi connectivity index (χ3n) is 4.79. The Morgan fingerprint density at radius 2 is 1.70 bits per heavy atom. The summed E-state index contributed by atoms with van der Waals surface area (Å²) >= 11 is 0. The molecule has 2 nitrogen and oxygen atoms in total. The van der Waals surface area contributed by atoms with Gasteiger partial charge in [0.2, 0.25) is 0 Å². The second-order valence-electron chi connectivity index (χ2n) is 6.01. The summed E-state index contributed by atoms with van der Waals surface area (Å²) < 4.78 is 28.5. The molecule has 110 valence electrons. The fourth-order valence-corrected chi connectivity index (χ4v) is 3.89. The maximum atomic E-state index is 14.2. The summed E-state index contributed by atoms with van der Waals surface area (Å²) in [6.07, 6.45) is 6.78. The van der Waals surface area contributed by atoms with Crippen molar-refractivity contribution in [2.45, 2.75) is 51.2 Å². The van der Waals surface area contributed by atoms with Crippen LogP contribution in [0.5, 0.6) is 0 Å². The van der Waals surface area contributed by atoms with E-state index >= 15 is 0 Å². The van der Waals surface area contributed by atoms with Crippen LogP contribution in [0.2, 0.25) is 0 Å². The number of anilines is 1. The highest BCUT2D eigenvalue weighted by Gasteiger charge is 2.35. The largest absolute Gasteiger partial charge is 0.392 e. The molecule has 0 spiro atoms. The molecule has 1 aromatic carbocycles. The molecule has 4 heteroatoms. The zero-order chi connectivity index (χ0) is 14.1. The quantitative estimate of drug-likeness (QED) is 0.895. The Labute approximate surface area is 118 Å². The minimum atomic E-state index is -0.541. The Hall–Kier alpha value is -1.16. The molecule has 20 heavy (non-hydrogen) atoms. The number of hydrogen-bond acceptors (Lipinski definition) is 2. The van der Waals surface area contributed by atoms with Crippen LogP contribution >= 0.6 is 0 Å². The van der Waals surface area contributed by atoms with Crippen molar-refractivity contribution >= 4 is 5.69 Å². The molecule has 1 aromatic rings. The van der Waals surface area contributed by atoms with Crippen molar-refractivity contribution in [3.8, 4) is 0 Å². The van der Waals surface area contributed by atoms with Crippen molar-refractivity contribution in [1.82, 2.24) is 0 Å². The first-order valence-corrected chi connectivity index (χ1v) is 7.56. The normalized spacial score (nSPS) is 26.4. The Balaban J connectivity index is 1.94. The van der Waals surface area contributed by atoms with Gasteiger partial charge in [-0.25, -0.2) is 8.78 Å². The van der Waals surface area contributed by atoms with Crippen molar-refractivity contribution in [2.75, 3.05) is 11.4 Å². The van der Waals surface area contributed by atoms with Gasteiger partial charge in [-0.2, -0.15) is 0 Å². The van der Waals surface area contributed by atoms with Crippen molar-refractivity contribution in [1.29, 1.82) is 0 Å². The molecule has 1 aliphatic carbocycles. The second kappa shape index (κ2) is 5.68. The van der Waals surface area contributed by atoms with Crippen LogP contribution in [-0.4, -0.2) is 17.7 Å². The molecular formula is C16H21F2NO. The molecule has 0 aromatic heterocycles. The van der Waals surface area contributed by atoms with Crippen LogP contribution in [0.1, 0.15) is 44.1 Å². The molecule has 0 amide bonds. The standard InChI is InChI=1S/C16H21F2NO/c17-13-8-11(10-20)9-14(18)16(13)19-7-3-5-12-4-1-2-6-15(12)19/h8-9,12,15,20H,1-7,10H2. The lowest BCUT2D eigenvalue weighted by Gasteiger charge is -2.45. The van der Waals surface area contributed by atoms with Gasteiger partial charge in [0.05, 0.1) is 6.61 Å². The van der Waals surface area contributed by atoms with Gasteiger partial charge in [0, 0.05) is 12.6 Å². The van der Waals surface area contributed by atoms with Crippen molar-refractivity contribution in [3.05, 3.63) is 29.3 Å². The summed E-state index contributed by atoms with van der Waals surface area (Å²) in [6, 6.07) is 2.79. The third kappa shape index (κ3) is 2.41. The van der Waals surface area contributed by atoms with Gasteiger partial charge < -0.3 is 10.0 Å². The van der Waals surface area contributed by atoms with Crippen molar-refractivity contribution in [3.63, 3.8) is 0 Å². The van der Waals surface area contributed by atoms with E-state index in [1.165, 1.54) is 31.4 Å². The molecule has 3 rings (SSSR count). The number of hydrogen-bond donors (Lipinski definition) is 1. The van der Waals surface area contributed by atoms with Gasteiger partial charge in [-0.1, -0.05) is 12.8 Å². The van der Waals surface area contributed by atoms with Gasteiger partial charge in [-0.05, 0) is 49.3 Å². The van der Waals surface area contributed by atoms with Gasteiger partial charge >= 0.3 is 0 Å². The van der Waals surface area contributed by atoms with E-state index in [1.54, 1.807) is 0 Å². The minimum absolute atomic E-state index is 0.110. The number of aliphatic hydroxyl groups is 1. The molecule has 1 heterocycles. The summed E-state index contributed by atoms with van der Waals surface area (Å²) in [7, 11) is 0. The van der Waals surface area contributed by atoms with Crippen LogP contribution in [0.3, 0.4) is 0 Å². The van der Waals surface area contributed by atoms with E-state index in [9.17, 15) is 8.78 Å². The Morgan fingerprint density at radius 3 is 2.40 bits per heavy atom. The van der Waals surface area contributed by atoms with Crippen LogP contribution in [0.25, 0.3) is 0 Å². The van der Waals surface area contributed by atoms with E-state index < -0.39 is 11.6 Å². The molecule has 0 bridgehead atoms. The summed E-state index contributed by atoms with van der Waals surface area (Å²) in [6.45, 7) is 0.396. The first-order valence-electron chi connectivity index (χ1n) is 7.56. The van der Waals surface area contributed by atoms with Crippen LogP contribution < -0.4 is 4.90 Å². The van der Waals surface area contributed by atoms with E-state index in [1.807, 2.05) is 4.90 Å². The van der Waals surface area contributed by atoms with Crippen LogP contribution in [-0.2, 0) is 6.61 Å². The topological polar surface area (TPSA) is 23.5 Å². The average Bonchev–Trinajstić information content (AvgIpc) is 2.46. The fourth-order valence-electron chi connectivity index (χ4n) is 3.89. The van der Waals surface area contributed by atoms with Gasteiger partial charge in [0.15, 0.2) is 0 Å². The number of nitrogens with zero attached hydrogens (tertiary/aromatic N) is 1. The summed E-state index contributed by atoms with van der Waals surface area (Å²) in [5, 5.41) is 9.03. The van der Waals surface area contributed by atoms with Crippen molar-refractivity contribution in [2.24, 2.45) is 5.92 Å². The molecule has 2 fully saturated rings. The van der Waals surface area contributed by atoms with Gasteiger partial charge in [-0.15, -0.1) is 0 Å². The van der Waals surface area contributed by atoms with Crippen LogP contribution in [0.4, 0.5) is 14.5 Å². The Morgan fingerprint density at radius 1 is 1.05 bits per heavy atom. The second-order valence-corrected chi connectivity index (χ2v) is 6.01. The van der Waals surface area contributed by atoms with Crippen LogP contribution in [0.15, 0.2) is 12.1 Å². The fraction of sp³-hybridized carbons (Fsp3) is 0.625. The molecule has 1 N–H and O–H groups in total. The molecule has 0 radical (unpaired) electrons. The van der Waals surface area contributed by atoms with Gasteiger partial charge in [-0.3, -0.25) is 0 Å². The van der Waals surface area contributed by atoms with E-state index in [4.69, 9.17) is 5.11 Å². The maximum absolute atomic E-state index is 14.2. The number of benzene rings is 1. The molecule has 1 saturated carbocycles. The Kier molecular flexibility index (Phi) is 3.92. The number of rotatable bonds is 2. The molecule has 1 saturated heterocycles. The number of piperidine rings is 1. The summed E-state index contributed by atoms with van der Waals surface area (Å²) in [4.78, 5) is 1.94. The lowest BCUT2D eigenvalue weighted by molar-refractivity contribution is 0.241. The lowest BCUT2D eigenvalue weighted by Crippen LogP contribution is -2.47. The van der Waals surface area contributed by atoms with Crippen LogP contribution in [0, 0.1) is 17.6 Å². The SMILES string of the molecule is OCc1cc(F)c(N2CCCC3CCCCC32)c(F)c1. The molecular weight excluding hydrogens is 260 g/mol. The first kappa shape index (κ1) is 13.8. The maximum Gasteiger partial charge on any atom is 0.149 e. The lowest BCUT2D eigenvalue weighted by atomic mass is 9.78. The first-order chi connectivity index (χ1) is 9.70. The average molecular weight is 281 g/mol. The predicted molar refractivity (Wildman–Crippen MR) is 74.6 cm³/mol. The monoisotopic (exact) mass is 281 g/mol. The molecule has 1 aliphatic heterocycles. The zero-order valence-electron chi connectivity index (χ0n) is 11.6. The number of halogens is 2. The molecule has 2 aliphatic rings. The smallest absolute Gasteiger partial charge is 0.149 e. The highest BCUT2D eigenvalue weighted by Crippen LogP contribution is 2.39. The highest BCUT2D eigenvalue weighted by atomic mass is 19.1. The number of fused-ring (bicyclic) bond motifs is 1. The summed E-state index contributed by atoms with van der Waals surface area (Å²) in [5.74, 6) is -0.505. The van der Waals surface area contributed by atoms with E-state index in [2.05, 4.69) is 0 Å². The molecule has 2 atom stereocenters.